The maximum Gasteiger partial charge on any atom is 0.324 e. The van der Waals surface area contributed by atoms with Crippen LogP contribution in [0, 0.1) is 11.2 Å². The van der Waals surface area contributed by atoms with Crippen LogP contribution in [0.5, 0.6) is 5.75 Å². The van der Waals surface area contributed by atoms with E-state index in [2.05, 4.69) is 41.3 Å². The van der Waals surface area contributed by atoms with Gasteiger partial charge in [0.1, 0.15) is 17.4 Å². The SMILES string of the molecule is CC(C)(C)CN1CCC2(CC1)CN(c1ccccc1NC(=O)Nc1csc(Cl)n1)c1c(O)cc(F)c(-c3ccc(Cl)cc3)c12. The summed E-state index contributed by atoms with van der Waals surface area (Å²) in [4.78, 5) is 21.6. The maximum atomic E-state index is 16.0. The number of phenolic OH excluding ortho intramolecular Hbond substituents is 1. The van der Waals surface area contributed by atoms with Crippen molar-refractivity contribution in [1.29, 1.82) is 0 Å². The molecular formula is C33H34Cl2FN5O2S. The number of halogens is 3. The Labute approximate surface area is 270 Å². The molecule has 1 saturated heterocycles. The van der Waals surface area contributed by atoms with Gasteiger partial charge in [-0.1, -0.05) is 68.2 Å². The van der Waals surface area contributed by atoms with E-state index >= 15 is 4.39 Å². The van der Waals surface area contributed by atoms with Crippen LogP contribution in [0.1, 0.15) is 39.2 Å². The maximum absolute atomic E-state index is 16.0. The number of benzene rings is 3. The van der Waals surface area contributed by atoms with Crippen LogP contribution in [0.25, 0.3) is 11.1 Å². The molecule has 1 aromatic heterocycles. The predicted octanol–water partition coefficient (Wildman–Crippen LogP) is 9.14. The van der Waals surface area contributed by atoms with Crippen LogP contribution in [0.3, 0.4) is 0 Å². The molecule has 3 N–H and O–H groups in total. The second kappa shape index (κ2) is 11.9. The molecule has 2 aliphatic heterocycles. The monoisotopic (exact) mass is 653 g/mol. The van der Waals surface area contributed by atoms with Crippen molar-refractivity contribution >= 4 is 63.4 Å². The molecule has 11 heteroatoms. The number of fused-ring (bicyclic) bond motifs is 2. The van der Waals surface area contributed by atoms with Crippen molar-refractivity contribution in [3.05, 3.63) is 80.8 Å². The first-order chi connectivity index (χ1) is 20.9. The van der Waals surface area contributed by atoms with Gasteiger partial charge in [0.25, 0.3) is 0 Å². The number of aromatic hydroxyl groups is 1. The summed E-state index contributed by atoms with van der Waals surface area (Å²) in [5.74, 6) is -0.265. The van der Waals surface area contributed by atoms with E-state index in [-0.39, 0.29) is 11.2 Å². The Hall–Kier alpha value is -3.37. The van der Waals surface area contributed by atoms with Crippen molar-refractivity contribution < 1.29 is 14.3 Å². The summed E-state index contributed by atoms with van der Waals surface area (Å²) >= 11 is 13.4. The van der Waals surface area contributed by atoms with E-state index in [1.54, 1.807) is 23.6 Å². The van der Waals surface area contributed by atoms with Crippen LogP contribution in [-0.2, 0) is 5.41 Å². The fourth-order valence-electron chi connectivity index (χ4n) is 6.59. The van der Waals surface area contributed by atoms with Gasteiger partial charge in [-0.2, -0.15) is 0 Å². The summed E-state index contributed by atoms with van der Waals surface area (Å²) in [6.07, 6.45) is 1.58. The summed E-state index contributed by atoms with van der Waals surface area (Å²) in [7, 11) is 0. The van der Waals surface area contributed by atoms with E-state index in [0.717, 1.165) is 38.0 Å². The summed E-state index contributed by atoms with van der Waals surface area (Å²) in [5, 5.41) is 19.3. The number of anilines is 4. The fourth-order valence-corrected chi connectivity index (χ4v) is 7.42. The van der Waals surface area contributed by atoms with Gasteiger partial charge in [0.05, 0.1) is 17.1 Å². The molecule has 0 aliphatic carbocycles. The van der Waals surface area contributed by atoms with Crippen molar-refractivity contribution in [3.63, 3.8) is 0 Å². The quantitative estimate of drug-likeness (QED) is 0.200. The number of piperidine rings is 1. The standard InChI is InChI=1S/C33H34Cl2FN5O2S/c1-32(2,3)18-40-14-12-33(13-15-40)19-41(24-7-5-4-6-23(24)37-31(43)39-26-17-44-30(35)38-26)29-25(42)16-22(36)27(28(29)33)20-8-10-21(34)11-9-20/h4-11,16-17,42H,12-15,18-19H2,1-3H3,(H2,37,39,43). The molecular weight excluding hydrogens is 620 g/mol. The van der Waals surface area contributed by atoms with Crippen LogP contribution in [-0.4, -0.2) is 47.2 Å². The third-order valence-electron chi connectivity index (χ3n) is 8.30. The molecule has 1 spiro atoms. The van der Waals surface area contributed by atoms with Gasteiger partial charge in [-0.3, -0.25) is 5.32 Å². The topological polar surface area (TPSA) is 80.7 Å². The number of hydrogen-bond acceptors (Lipinski definition) is 6. The van der Waals surface area contributed by atoms with E-state index in [4.69, 9.17) is 23.2 Å². The van der Waals surface area contributed by atoms with Crippen molar-refractivity contribution in [2.24, 2.45) is 5.41 Å². The summed E-state index contributed by atoms with van der Waals surface area (Å²) in [6.45, 7) is 9.88. The Balaban J connectivity index is 1.43. The van der Waals surface area contributed by atoms with Crippen LogP contribution < -0.4 is 15.5 Å². The largest absolute Gasteiger partial charge is 0.506 e. The second-order valence-corrected chi connectivity index (χ2v) is 14.6. The second-order valence-electron chi connectivity index (χ2n) is 12.8. The van der Waals surface area contributed by atoms with Crippen molar-refractivity contribution in [3.8, 4) is 16.9 Å². The molecule has 0 unspecified atom stereocenters. The van der Waals surface area contributed by atoms with Crippen LogP contribution in [0.15, 0.2) is 60.0 Å². The molecule has 0 radical (unpaired) electrons. The molecule has 2 amide bonds. The lowest BCUT2D eigenvalue weighted by molar-refractivity contribution is 0.125. The molecule has 0 atom stereocenters. The predicted molar refractivity (Wildman–Crippen MR) is 179 cm³/mol. The third kappa shape index (κ3) is 6.11. The van der Waals surface area contributed by atoms with E-state index in [9.17, 15) is 9.90 Å². The number of nitrogens with one attached hydrogen (secondary N) is 2. The van der Waals surface area contributed by atoms with Crippen molar-refractivity contribution in [2.75, 3.05) is 41.7 Å². The van der Waals surface area contributed by atoms with Crippen molar-refractivity contribution in [1.82, 2.24) is 9.88 Å². The zero-order valence-electron chi connectivity index (χ0n) is 24.8. The van der Waals surface area contributed by atoms with Gasteiger partial charge in [0.2, 0.25) is 0 Å². The van der Waals surface area contributed by atoms with Gasteiger partial charge in [-0.05, 0) is 66.7 Å². The van der Waals surface area contributed by atoms with Crippen molar-refractivity contribution in [2.45, 2.75) is 39.0 Å². The van der Waals surface area contributed by atoms with Crippen LogP contribution in [0.2, 0.25) is 9.49 Å². The molecule has 6 rings (SSSR count). The highest BCUT2D eigenvalue weighted by atomic mass is 35.5. The highest BCUT2D eigenvalue weighted by Crippen LogP contribution is 2.57. The zero-order chi connectivity index (χ0) is 31.2. The number of carbonyl (C=O) groups excluding carboxylic acids is 1. The fraction of sp³-hybridized carbons (Fsp3) is 0.333. The number of nitrogens with zero attached hydrogens (tertiary/aromatic N) is 3. The first-order valence-electron chi connectivity index (χ1n) is 14.5. The molecule has 4 aromatic rings. The molecule has 3 aromatic carbocycles. The van der Waals surface area contributed by atoms with E-state index in [0.29, 0.717) is 50.0 Å². The van der Waals surface area contributed by atoms with E-state index in [1.807, 2.05) is 35.2 Å². The summed E-state index contributed by atoms with van der Waals surface area (Å²) in [5.41, 5.74) is 3.47. The minimum Gasteiger partial charge on any atom is -0.506 e. The molecule has 2 aliphatic rings. The molecule has 3 heterocycles. The lowest BCUT2D eigenvalue weighted by atomic mass is 9.71. The number of hydrogen-bond donors (Lipinski definition) is 3. The highest BCUT2D eigenvalue weighted by molar-refractivity contribution is 7.14. The minimum absolute atomic E-state index is 0.138. The smallest absolute Gasteiger partial charge is 0.324 e. The number of phenols is 1. The normalized spacial score (nSPS) is 16.3. The first-order valence-corrected chi connectivity index (χ1v) is 16.2. The van der Waals surface area contributed by atoms with Gasteiger partial charge in [0, 0.05) is 40.5 Å². The van der Waals surface area contributed by atoms with Crippen LogP contribution >= 0.6 is 34.5 Å². The highest BCUT2D eigenvalue weighted by Gasteiger charge is 2.49. The third-order valence-corrected chi connectivity index (χ3v) is 9.53. The molecule has 44 heavy (non-hydrogen) atoms. The van der Waals surface area contributed by atoms with Gasteiger partial charge >= 0.3 is 6.03 Å². The average Bonchev–Trinajstić information content (AvgIpc) is 3.51. The number of amides is 2. The zero-order valence-corrected chi connectivity index (χ0v) is 27.1. The van der Waals surface area contributed by atoms with Gasteiger partial charge in [0.15, 0.2) is 4.47 Å². The van der Waals surface area contributed by atoms with Gasteiger partial charge in [-0.25, -0.2) is 14.2 Å². The number of para-hydroxylation sites is 2. The Kier molecular flexibility index (Phi) is 8.26. The Morgan fingerprint density at radius 1 is 1.09 bits per heavy atom. The van der Waals surface area contributed by atoms with E-state index in [1.165, 1.54) is 17.4 Å². The minimum atomic E-state index is -0.478. The summed E-state index contributed by atoms with van der Waals surface area (Å²) < 4.78 is 16.3. The number of carbonyl (C=O) groups is 1. The first kappa shape index (κ1) is 30.6. The number of rotatable bonds is 5. The number of likely N-dealkylation sites (tertiary alicyclic amines) is 1. The number of urea groups is 1. The van der Waals surface area contributed by atoms with E-state index < -0.39 is 17.3 Å². The molecule has 0 saturated carbocycles. The number of thiazole rings is 1. The van der Waals surface area contributed by atoms with Gasteiger partial charge < -0.3 is 20.2 Å². The average molecular weight is 655 g/mol. The Morgan fingerprint density at radius 2 is 1.80 bits per heavy atom. The molecule has 7 nitrogen and oxygen atoms in total. The lowest BCUT2D eigenvalue weighted by Crippen LogP contribution is -2.47. The van der Waals surface area contributed by atoms with Crippen LogP contribution in [0.4, 0.5) is 32.1 Å². The Morgan fingerprint density at radius 3 is 2.45 bits per heavy atom. The lowest BCUT2D eigenvalue weighted by Gasteiger charge is -2.42. The molecule has 1 fully saturated rings. The van der Waals surface area contributed by atoms with Gasteiger partial charge in [-0.15, -0.1) is 11.3 Å². The molecule has 230 valence electrons. The Bertz CT molecular complexity index is 1700. The number of aromatic nitrogens is 1. The molecule has 0 bridgehead atoms. The summed E-state index contributed by atoms with van der Waals surface area (Å²) in [6, 6.07) is 15.3.